The first-order valence-corrected chi connectivity index (χ1v) is 23.6. The molecule has 10 atom stereocenters. The van der Waals surface area contributed by atoms with E-state index in [1.54, 1.807) is 13.8 Å². The molecule has 3 unspecified atom stereocenters. The zero-order valence-electron chi connectivity index (χ0n) is 40.1. The molecule has 0 spiro atoms. The van der Waals surface area contributed by atoms with Crippen LogP contribution in [-0.4, -0.2) is 130 Å². The van der Waals surface area contributed by atoms with E-state index < -0.39 is 121 Å². The number of nitrogens with one attached hydrogen (secondary N) is 6. The van der Waals surface area contributed by atoms with Crippen molar-refractivity contribution in [1.29, 1.82) is 0 Å². The van der Waals surface area contributed by atoms with Crippen LogP contribution >= 0.6 is 0 Å². The fraction of sp³-hybridized carbons (Fsp3) is 0.674. The number of aliphatic hydroxyl groups is 2. The lowest BCUT2D eigenvalue weighted by molar-refractivity contribution is -0.155. The molecule has 1 aliphatic heterocycles. The zero-order chi connectivity index (χ0) is 50.9. The minimum Gasteiger partial charge on any atom is -0.508 e. The summed E-state index contributed by atoms with van der Waals surface area (Å²) in [5, 5.41) is 46.1. The van der Waals surface area contributed by atoms with Crippen LogP contribution in [-0.2, 0) is 49.5 Å². The average Bonchev–Trinajstić information content (AvgIpc) is 3.26. The number of guanidine groups is 1. The largest absolute Gasteiger partial charge is 0.508 e. The number of primary amides is 1. The molecule has 22 heteroatoms. The fourth-order valence-corrected chi connectivity index (χ4v) is 7.40. The van der Waals surface area contributed by atoms with E-state index >= 15 is 0 Å². The number of phenols is 1. The average molecular weight is 961 g/mol. The number of unbranched alkanes of at least 4 members (excludes halogenated alkanes) is 9. The quantitative estimate of drug-likeness (QED) is 0.0283. The van der Waals surface area contributed by atoms with Crippen LogP contribution in [0.15, 0.2) is 29.3 Å². The molecule has 0 aliphatic carbocycles. The first-order chi connectivity index (χ1) is 32.1. The minimum absolute atomic E-state index is 0.0778. The Bertz CT molecular complexity index is 1840. The van der Waals surface area contributed by atoms with Crippen LogP contribution in [0, 0.1) is 5.92 Å². The number of nitrogens with zero attached hydrogens (tertiary/aromatic N) is 1. The third kappa shape index (κ3) is 21.7. The highest BCUT2D eigenvalue weighted by molar-refractivity contribution is 5.98. The number of hydrogen-bond donors (Lipinski definition) is 12. The Kier molecular flexibility index (Phi) is 25.9. The topological polar surface area (TPSA) is 369 Å². The predicted octanol–water partition coefficient (Wildman–Crippen LogP) is -0.574. The molecule has 0 aromatic heterocycles. The molecule has 382 valence electrons. The summed E-state index contributed by atoms with van der Waals surface area (Å²) in [6, 6.07) is -3.73. The van der Waals surface area contributed by atoms with Crippen LogP contribution in [0.1, 0.15) is 130 Å². The number of aliphatic imine (C=N–C) groups is 1. The second kappa shape index (κ2) is 30.4. The van der Waals surface area contributed by atoms with Crippen molar-refractivity contribution in [3.05, 3.63) is 29.8 Å². The van der Waals surface area contributed by atoms with E-state index in [0.29, 0.717) is 31.4 Å². The molecule has 22 nitrogen and oxygen atoms in total. The Hall–Kier alpha value is -6.03. The second-order valence-corrected chi connectivity index (χ2v) is 17.7. The molecule has 1 heterocycles. The lowest BCUT2D eigenvalue weighted by Gasteiger charge is -2.30. The Balaban J connectivity index is 2.35. The van der Waals surface area contributed by atoms with Crippen LogP contribution in [0.25, 0.3) is 0 Å². The first kappa shape index (κ1) is 58.1. The monoisotopic (exact) mass is 961 g/mol. The van der Waals surface area contributed by atoms with Gasteiger partial charge in [-0.2, -0.15) is 0 Å². The van der Waals surface area contributed by atoms with E-state index in [0.717, 1.165) is 57.8 Å². The zero-order valence-corrected chi connectivity index (χ0v) is 40.1. The molecule has 1 saturated heterocycles. The molecule has 68 heavy (non-hydrogen) atoms. The number of aromatic hydroxyl groups is 1. The summed E-state index contributed by atoms with van der Waals surface area (Å²) in [7, 11) is 0. The van der Waals surface area contributed by atoms with Crippen molar-refractivity contribution < 1.29 is 58.4 Å². The molecular formula is C46H76N10O12. The number of rotatable bonds is 23. The van der Waals surface area contributed by atoms with Crippen molar-refractivity contribution in [3.63, 3.8) is 0 Å². The number of cyclic esters (lactones) is 1. The maximum Gasteiger partial charge on any atom is 0.328 e. The van der Waals surface area contributed by atoms with Gasteiger partial charge in [0.15, 0.2) is 5.96 Å². The molecule has 0 radical (unpaired) electrons. The number of nitrogens with two attached hydrogens (primary N) is 3. The standard InChI is InChI=1S/C46H76N10O12/c1-6-26(2)37-42(64)52-33(23-30-18-20-31(58)21-19-30)41(63)56-38(28(4)57)43(65)53-34(25-35(47)60)40(62)51-27(3)45(67)68-29(5)39(44(66)55-37)54-36(61)24-32(59)17-15-13-11-9-7-8-10-12-14-16-22-50-46(48)49/h18-21,26-29,32-34,37-39,57-59H,6-17,22-25H2,1-5H3,(H2,47,60)(H,51,62)(H,52,64)(H,53,65)(H,54,61)(H,55,66)(H,56,63)(H4,48,49,50)/t26-,27-,28+,29?,32-,33?,34-,37-,38-,39?/m1/s1. The summed E-state index contributed by atoms with van der Waals surface area (Å²) in [6.45, 7) is 7.74. The molecule has 1 aromatic carbocycles. The smallest absolute Gasteiger partial charge is 0.328 e. The van der Waals surface area contributed by atoms with Crippen LogP contribution in [0.2, 0.25) is 0 Å². The highest BCUT2D eigenvalue weighted by atomic mass is 16.5. The molecular weight excluding hydrogens is 885 g/mol. The minimum atomic E-state index is -1.76. The normalized spacial score (nSPS) is 23.6. The lowest BCUT2D eigenvalue weighted by atomic mass is 9.96. The van der Waals surface area contributed by atoms with Gasteiger partial charge in [0.05, 0.1) is 25.0 Å². The number of amides is 7. The van der Waals surface area contributed by atoms with Crippen molar-refractivity contribution >= 4 is 53.3 Å². The molecule has 7 amide bonds. The fourth-order valence-electron chi connectivity index (χ4n) is 7.40. The van der Waals surface area contributed by atoms with Gasteiger partial charge in [0.1, 0.15) is 48.1 Å². The Labute approximate surface area is 398 Å². The number of phenolic OH excluding ortho intramolecular Hbond substituents is 1. The maximum absolute atomic E-state index is 14.2. The van der Waals surface area contributed by atoms with Crippen molar-refractivity contribution in [2.45, 2.75) is 185 Å². The summed E-state index contributed by atoms with van der Waals surface area (Å²) in [6.07, 6.45) is 5.11. The van der Waals surface area contributed by atoms with Gasteiger partial charge in [0.2, 0.25) is 41.4 Å². The van der Waals surface area contributed by atoms with Crippen molar-refractivity contribution in [1.82, 2.24) is 31.9 Å². The van der Waals surface area contributed by atoms with Crippen LogP contribution in [0.4, 0.5) is 0 Å². The summed E-state index contributed by atoms with van der Waals surface area (Å²) in [5.74, 6) is -8.42. The number of esters is 1. The molecule has 0 saturated carbocycles. The van der Waals surface area contributed by atoms with Gasteiger partial charge in [-0.25, -0.2) is 4.79 Å². The van der Waals surface area contributed by atoms with Gasteiger partial charge in [-0.1, -0.05) is 90.2 Å². The molecule has 1 aliphatic rings. The SMILES string of the molecule is CC[C@@H](C)[C@H]1NC(=O)C(NC(=O)C[C@H](O)CCCCCCCCCCCCN=C(N)N)C(C)OC(=O)[C@@H](C)NC(=O)[C@@H](CC(N)=O)NC(=O)[C@@H]([C@H](C)O)NC(=O)C(Cc2ccc(O)cc2)NC1=O. The lowest BCUT2D eigenvalue weighted by Crippen LogP contribution is -2.62. The number of hydrogen-bond acceptors (Lipinski definition) is 13. The van der Waals surface area contributed by atoms with Crippen molar-refractivity contribution in [2.24, 2.45) is 28.1 Å². The van der Waals surface area contributed by atoms with E-state index in [-0.39, 0.29) is 18.1 Å². The summed E-state index contributed by atoms with van der Waals surface area (Å²) in [4.78, 5) is 112. The molecule has 2 rings (SSSR count). The van der Waals surface area contributed by atoms with E-state index in [4.69, 9.17) is 21.9 Å². The third-order valence-electron chi connectivity index (χ3n) is 11.6. The molecule has 15 N–H and O–H groups in total. The molecule has 1 fully saturated rings. The maximum atomic E-state index is 14.2. The van der Waals surface area contributed by atoms with Crippen molar-refractivity contribution in [3.8, 4) is 5.75 Å². The second-order valence-electron chi connectivity index (χ2n) is 17.7. The molecule has 1 aromatic rings. The van der Waals surface area contributed by atoms with Gasteiger partial charge in [-0.3, -0.25) is 38.6 Å². The summed E-state index contributed by atoms with van der Waals surface area (Å²) in [5.41, 5.74) is 16.5. The highest BCUT2D eigenvalue weighted by Gasteiger charge is 2.39. The van der Waals surface area contributed by atoms with Gasteiger partial charge in [-0.05, 0) is 57.2 Å². The van der Waals surface area contributed by atoms with Crippen LogP contribution in [0.5, 0.6) is 5.75 Å². The van der Waals surface area contributed by atoms with E-state index in [1.165, 1.54) is 45.0 Å². The number of benzene rings is 1. The Morgan fingerprint density at radius 3 is 1.81 bits per heavy atom. The van der Waals surface area contributed by atoms with Gasteiger partial charge >= 0.3 is 5.97 Å². The first-order valence-electron chi connectivity index (χ1n) is 23.6. The van der Waals surface area contributed by atoms with E-state index in [2.05, 4.69) is 36.9 Å². The van der Waals surface area contributed by atoms with Crippen LogP contribution < -0.4 is 49.1 Å². The van der Waals surface area contributed by atoms with Crippen LogP contribution in [0.3, 0.4) is 0 Å². The number of carbonyl (C=O) groups excluding carboxylic acids is 8. The summed E-state index contributed by atoms with van der Waals surface area (Å²) >= 11 is 0. The number of carbonyl (C=O) groups is 8. The van der Waals surface area contributed by atoms with Gasteiger partial charge in [0, 0.05) is 13.0 Å². The predicted molar refractivity (Wildman–Crippen MR) is 252 cm³/mol. The third-order valence-corrected chi connectivity index (χ3v) is 11.6. The van der Waals surface area contributed by atoms with Crippen molar-refractivity contribution in [2.75, 3.05) is 6.54 Å². The highest BCUT2D eigenvalue weighted by Crippen LogP contribution is 2.17. The Morgan fingerprint density at radius 2 is 1.25 bits per heavy atom. The van der Waals surface area contributed by atoms with Gasteiger partial charge in [-0.15, -0.1) is 0 Å². The van der Waals surface area contributed by atoms with E-state index in [1.807, 2.05) is 0 Å². The summed E-state index contributed by atoms with van der Waals surface area (Å²) < 4.78 is 5.57. The molecule has 0 bridgehead atoms. The number of ether oxygens (including phenoxy) is 1. The van der Waals surface area contributed by atoms with Gasteiger partial charge < -0.3 is 69.2 Å². The number of aliphatic hydroxyl groups excluding tert-OH is 2. The van der Waals surface area contributed by atoms with E-state index in [9.17, 15) is 53.7 Å². The Morgan fingerprint density at radius 1 is 0.721 bits per heavy atom. The van der Waals surface area contributed by atoms with Gasteiger partial charge in [0.25, 0.3) is 0 Å².